The van der Waals surface area contributed by atoms with E-state index < -0.39 is 16.7 Å². The molecule has 0 aliphatic carbocycles. The van der Waals surface area contributed by atoms with Gasteiger partial charge >= 0.3 is 10.5 Å². The van der Waals surface area contributed by atoms with Crippen molar-refractivity contribution < 1.29 is 13.2 Å². The van der Waals surface area contributed by atoms with Crippen LogP contribution in [0, 0.1) is 5.41 Å². The molecule has 8 nitrogen and oxygen atoms in total. The third kappa shape index (κ3) is 5.15. The Kier molecular flexibility index (Phi) is 6.60. The maximum absolute atomic E-state index is 13.2. The smallest absolute Gasteiger partial charge is 0.313 e. The highest BCUT2D eigenvalue weighted by atomic mass is 32.2. The molecule has 1 atom stereocenters. The highest BCUT2D eigenvalue weighted by molar-refractivity contribution is 7.61. The molecule has 9 heteroatoms. The summed E-state index contributed by atoms with van der Waals surface area (Å²) in [5, 5.41) is 7.42. The summed E-state index contributed by atoms with van der Waals surface area (Å²) < 4.78 is 26.4. The fraction of sp³-hybridized carbons (Fsp3) is 0.208. The number of pyridine rings is 1. The minimum atomic E-state index is -2.62. The van der Waals surface area contributed by atoms with E-state index in [9.17, 15) is 13.2 Å². The van der Waals surface area contributed by atoms with Crippen LogP contribution < -0.4 is 10.6 Å². The summed E-state index contributed by atoms with van der Waals surface area (Å²) in [6.45, 7) is 0. The molecule has 0 bridgehead atoms. The minimum Gasteiger partial charge on any atom is -0.382 e. The third-order valence-electron chi connectivity index (χ3n) is 5.62. The minimum absolute atomic E-state index is 0.118. The van der Waals surface area contributed by atoms with Crippen LogP contribution in [0.4, 0.5) is 5.69 Å². The summed E-state index contributed by atoms with van der Waals surface area (Å²) in [4.78, 5) is 18.9. The Bertz CT molecular complexity index is 1310. The number of nitrogens with one attached hydrogen (secondary N) is 1. The average molecular weight is 462 g/mol. The monoisotopic (exact) mass is 461 g/mol. The molecule has 0 saturated carbocycles. The lowest BCUT2D eigenvalue weighted by atomic mass is 9.94. The van der Waals surface area contributed by atoms with Gasteiger partial charge in [0.1, 0.15) is 17.7 Å². The highest BCUT2D eigenvalue weighted by Gasteiger charge is 2.31. The molecule has 0 radical (unpaired) electrons. The number of aryl methyl sites for hydroxylation is 2. The van der Waals surface area contributed by atoms with Gasteiger partial charge < -0.3 is 5.73 Å². The van der Waals surface area contributed by atoms with Gasteiger partial charge in [0.25, 0.3) is 0 Å². The number of aromatic nitrogens is 1. The molecule has 3 N–H and O–H groups in total. The van der Waals surface area contributed by atoms with Crippen molar-refractivity contribution in [3.8, 4) is 11.1 Å². The van der Waals surface area contributed by atoms with Gasteiger partial charge in [-0.25, -0.2) is 0 Å². The Morgan fingerprint density at radius 2 is 1.91 bits per heavy atom. The quantitative estimate of drug-likeness (QED) is 0.430. The number of rotatable bonds is 6. The first-order valence-corrected chi connectivity index (χ1v) is 11.6. The number of nitrogens with two attached hydrogens (primary N) is 1. The predicted molar refractivity (Wildman–Crippen MR) is 126 cm³/mol. The lowest BCUT2D eigenvalue weighted by Gasteiger charge is -2.34. The van der Waals surface area contributed by atoms with Gasteiger partial charge in [0, 0.05) is 18.3 Å². The van der Waals surface area contributed by atoms with Gasteiger partial charge in [0.15, 0.2) is 0 Å². The Morgan fingerprint density at radius 3 is 2.58 bits per heavy atom. The number of carbonyl (C=O) groups excluding carboxylic acids is 1. The van der Waals surface area contributed by atoms with Crippen LogP contribution in [0.5, 0.6) is 0 Å². The Balaban J connectivity index is 1.60. The number of amidine groups is 1. The first-order chi connectivity index (χ1) is 15.9. The molecule has 1 amide bonds. The van der Waals surface area contributed by atoms with Crippen LogP contribution in [0.3, 0.4) is 0 Å². The zero-order valence-corrected chi connectivity index (χ0v) is 18.6. The van der Waals surface area contributed by atoms with E-state index in [4.69, 9.17) is 11.1 Å². The van der Waals surface area contributed by atoms with E-state index >= 15 is 0 Å². The normalized spacial score (nSPS) is 14.9. The standard InChI is InChI=1S/C24H23N5O3S/c25-24(26)20-10-6-16(15-27-20)7-13-23(30)29-21-11-8-18(17-4-2-1-3-5-17)14-19(21)9-12-22(29)28-33(31)32/h1-6,8,10-11,14-15,22H,7,9,12-13H2,(H3,25,26). The number of fused-ring (bicyclic) bond motifs is 1. The van der Waals surface area contributed by atoms with E-state index in [0.717, 1.165) is 22.3 Å². The number of nitrogens with zero attached hydrogens (tertiary/aromatic N) is 3. The summed E-state index contributed by atoms with van der Waals surface area (Å²) >= 11 is 0. The number of benzene rings is 2. The fourth-order valence-corrected chi connectivity index (χ4v) is 4.41. The molecule has 1 aliphatic heterocycles. The summed E-state index contributed by atoms with van der Waals surface area (Å²) in [7, 11) is -2.62. The molecule has 168 valence electrons. The van der Waals surface area contributed by atoms with Gasteiger partial charge in [-0.1, -0.05) is 42.5 Å². The van der Waals surface area contributed by atoms with Crippen LogP contribution in [-0.4, -0.2) is 31.3 Å². The van der Waals surface area contributed by atoms with Crippen molar-refractivity contribution >= 4 is 27.9 Å². The van der Waals surface area contributed by atoms with Gasteiger partial charge in [-0.15, -0.1) is 4.36 Å². The summed E-state index contributed by atoms with van der Waals surface area (Å²) in [5.41, 5.74) is 10.4. The second kappa shape index (κ2) is 9.74. The Morgan fingerprint density at radius 1 is 1.12 bits per heavy atom. The maximum atomic E-state index is 13.2. The number of hydrogen-bond donors (Lipinski definition) is 2. The number of anilines is 1. The van der Waals surface area contributed by atoms with Gasteiger partial charge in [0.2, 0.25) is 5.91 Å². The number of nitrogen functional groups attached to an aromatic ring is 1. The second-order valence-corrected chi connectivity index (χ2v) is 8.43. The molecule has 4 rings (SSSR count). The largest absolute Gasteiger partial charge is 0.382 e. The van der Waals surface area contributed by atoms with Crippen molar-refractivity contribution in [3.05, 3.63) is 83.7 Å². The van der Waals surface area contributed by atoms with Crippen molar-refractivity contribution in [2.75, 3.05) is 4.90 Å². The molecule has 0 spiro atoms. The van der Waals surface area contributed by atoms with Gasteiger partial charge in [-0.05, 0) is 59.7 Å². The first kappa shape index (κ1) is 22.3. The topological polar surface area (TPSA) is 130 Å². The van der Waals surface area contributed by atoms with Crippen molar-refractivity contribution in [2.24, 2.45) is 10.1 Å². The second-order valence-electron chi connectivity index (χ2n) is 7.78. The molecular formula is C24H23N5O3S. The third-order valence-corrected chi connectivity index (χ3v) is 6.04. The van der Waals surface area contributed by atoms with E-state index in [1.807, 2.05) is 42.5 Å². The van der Waals surface area contributed by atoms with Gasteiger partial charge in [0.05, 0.1) is 0 Å². The Labute approximate surface area is 193 Å². The van der Waals surface area contributed by atoms with Crippen LogP contribution in [-0.2, 0) is 28.1 Å². The van der Waals surface area contributed by atoms with Crippen LogP contribution >= 0.6 is 0 Å². The van der Waals surface area contributed by atoms with Crippen LogP contribution in [0.2, 0.25) is 0 Å². The van der Waals surface area contributed by atoms with E-state index in [0.29, 0.717) is 30.6 Å². The van der Waals surface area contributed by atoms with Crippen molar-refractivity contribution in [1.29, 1.82) is 5.41 Å². The zero-order chi connectivity index (χ0) is 23.4. The summed E-state index contributed by atoms with van der Waals surface area (Å²) in [5.74, 6) is -0.328. The molecule has 2 aromatic carbocycles. The number of amides is 1. The molecule has 2 heterocycles. The van der Waals surface area contributed by atoms with E-state index in [1.165, 1.54) is 4.90 Å². The molecular weight excluding hydrogens is 438 g/mol. The molecule has 0 saturated heterocycles. The molecule has 1 unspecified atom stereocenters. The van der Waals surface area contributed by atoms with Gasteiger partial charge in [-0.2, -0.15) is 8.42 Å². The fourth-order valence-electron chi connectivity index (χ4n) is 4.01. The van der Waals surface area contributed by atoms with Gasteiger partial charge in [-0.3, -0.25) is 20.1 Å². The molecule has 3 aromatic rings. The molecule has 0 fully saturated rings. The summed E-state index contributed by atoms with van der Waals surface area (Å²) in [6, 6.07) is 19.2. The van der Waals surface area contributed by atoms with Crippen LogP contribution in [0.1, 0.15) is 29.7 Å². The summed E-state index contributed by atoms with van der Waals surface area (Å²) in [6.07, 6.45) is 2.48. The van der Waals surface area contributed by atoms with E-state index in [1.54, 1.807) is 18.3 Å². The molecule has 1 aliphatic rings. The highest BCUT2D eigenvalue weighted by Crippen LogP contribution is 2.35. The maximum Gasteiger partial charge on any atom is 0.313 e. The van der Waals surface area contributed by atoms with E-state index in [2.05, 4.69) is 15.4 Å². The van der Waals surface area contributed by atoms with Crippen molar-refractivity contribution in [2.45, 2.75) is 31.8 Å². The van der Waals surface area contributed by atoms with Crippen LogP contribution in [0.15, 0.2) is 71.2 Å². The zero-order valence-electron chi connectivity index (χ0n) is 17.8. The lowest BCUT2D eigenvalue weighted by Crippen LogP contribution is -2.43. The van der Waals surface area contributed by atoms with Crippen LogP contribution in [0.25, 0.3) is 11.1 Å². The lowest BCUT2D eigenvalue weighted by molar-refractivity contribution is -0.119. The molecule has 33 heavy (non-hydrogen) atoms. The predicted octanol–water partition coefficient (Wildman–Crippen LogP) is 3.33. The Hall–Kier alpha value is -3.85. The SMILES string of the molecule is N=C(N)c1ccc(CCC(=O)N2c3ccc(-c4ccccc4)cc3CCC2N=S(=O)=O)cn1. The first-order valence-electron chi connectivity index (χ1n) is 10.5. The number of hydrogen-bond acceptors (Lipinski definition) is 6. The average Bonchev–Trinajstić information content (AvgIpc) is 2.82. The molecule has 1 aromatic heterocycles. The van der Waals surface area contributed by atoms with Crippen molar-refractivity contribution in [1.82, 2.24) is 4.98 Å². The van der Waals surface area contributed by atoms with Crippen molar-refractivity contribution in [3.63, 3.8) is 0 Å². The number of carbonyl (C=O) groups is 1. The van der Waals surface area contributed by atoms with E-state index in [-0.39, 0.29) is 18.2 Å².